The highest BCUT2D eigenvalue weighted by atomic mass is 32.1. The average molecular weight is 482 g/mol. The van der Waals surface area contributed by atoms with E-state index in [1.54, 1.807) is 0 Å². The average Bonchev–Trinajstić information content (AvgIpc) is 2.75. The van der Waals surface area contributed by atoms with Gasteiger partial charge in [-0.1, -0.05) is 103 Å². The van der Waals surface area contributed by atoms with Crippen molar-refractivity contribution in [1.82, 2.24) is 0 Å². The third-order valence-electron chi connectivity index (χ3n) is 5.50. The van der Waals surface area contributed by atoms with Crippen LogP contribution in [0.15, 0.2) is 0 Å². The molecule has 0 radical (unpaired) electrons. The fourth-order valence-electron chi connectivity index (χ4n) is 3.57. The molecule has 0 saturated carbocycles. The first-order valence-corrected chi connectivity index (χ1v) is 15.1. The summed E-state index contributed by atoms with van der Waals surface area (Å²) in [4.78, 5) is 0. The standard InChI is InChI=1S/C24H49O3PS2/c25-28(26-21-17-13-9-5-1-3-7-11-15-19-23-29)27-22-18-14-10-6-2-4-8-12-16-20-24-30/h1-24H2,(H-,29,30)/p+1. The molecule has 0 aliphatic carbocycles. The fourth-order valence-corrected chi connectivity index (χ4v) is 4.65. The molecule has 0 bridgehead atoms. The third kappa shape index (κ3) is 26.8. The second-order valence-corrected chi connectivity index (χ2v) is 10.3. The van der Waals surface area contributed by atoms with E-state index >= 15 is 0 Å². The largest absolute Gasteiger partial charge is 0.697 e. The lowest BCUT2D eigenvalue weighted by atomic mass is 10.1. The zero-order valence-electron chi connectivity index (χ0n) is 19.5. The molecule has 180 valence electrons. The van der Waals surface area contributed by atoms with Gasteiger partial charge in [-0.2, -0.15) is 25.3 Å². The summed E-state index contributed by atoms with van der Waals surface area (Å²) in [6.07, 6.45) is 25.5. The highest BCUT2D eigenvalue weighted by molar-refractivity contribution is 7.80. The number of thiol groups is 2. The molecule has 0 N–H and O–H groups in total. The molecule has 0 saturated heterocycles. The van der Waals surface area contributed by atoms with Gasteiger partial charge in [0.15, 0.2) is 0 Å². The quantitative estimate of drug-likeness (QED) is 0.0734. The maximum atomic E-state index is 11.7. The number of unbranched alkanes of at least 4 members (excludes halogenated alkanes) is 18. The van der Waals surface area contributed by atoms with Gasteiger partial charge >= 0.3 is 8.25 Å². The van der Waals surface area contributed by atoms with E-state index in [9.17, 15) is 4.57 Å². The van der Waals surface area contributed by atoms with Crippen molar-refractivity contribution in [3.63, 3.8) is 0 Å². The van der Waals surface area contributed by atoms with Crippen LogP contribution < -0.4 is 0 Å². The van der Waals surface area contributed by atoms with Crippen molar-refractivity contribution in [2.45, 2.75) is 128 Å². The van der Waals surface area contributed by atoms with Crippen molar-refractivity contribution < 1.29 is 13.6 Å². The molecule has 0 fully saturated rings. The van der Waals surface area contributed by atoms with Crippen molar-refractivity contribution in [2.75, 3.05) is 24.7 Å². The molecule has 0 amide bonds. The minimum atomic E-state index is -1.92. The molecular weight excluding hydrogens is 431 g/mol. The van der Waals surface area contributed by atoms with Crippen molar-refractivity contribution in [3.05, 3.63) is 0 Å². The number of hydrogen-bond acceptors (Lipinski definition) is 5. The van der Waals surface area contributed by atoms with Crippen LogP contribution in [0, 0.1) is 0 Å². The van der Waals surface area contributed by atoms with Crippen molar-refractivity contribution in [3.8, 4) is 0 Å². The Kier molecular flexibility index (Phi) is 28.4. The summed E-state index contributed by atoms with van der Waals surface area (Å²) in [6.45, 7) is 1.12. The molecule has 6 heteroatoms. The predicted molar refractivity (Wildman–Crippen MR) is 140 cm³/mol. The molecular formula is C24H50O3PS2+. The summed E-state index contributed by atoms with van der Waals surface area (Å²) in [5.74, 6) is 2.05. The Hall–Kier alpha value is 0.720. The Balaban J connectivity index is 3.14. The van der Waals surface area contributed by atoms with Crippen molar-refractivity contribution in [1.29, 1.82) is 0 Å². The van der Waals surface area contributed by atoms with Gasteiger partial charge in [0.2, 0.25) is 0 Å². The van der Waals surface area contributed by atoms with E-state index in [1.165, 1.54) is 103 Å². The summed E-state index contributed by atoms with van der Waals surface area (Å²) in [6, 6.07) is 0. The van der Waals surface area contributed by atoms with E-state index < -0.39 is 8.25 Å². The SMILES string of the molecule is O=[P+](OCCCCCCCCCCCCS)OCCCCCCCCCCCCS. The molecule has 0 atom stereocenters. The summed E-state index contributed by atoms with van der Waals surface area (Å²) >= 11 is 8.48. The van der Waals surface area contributed by atoms with Gasteiger partial charge in [-0.05, 0) is 37.2 Å². The zero-order chi connectivity index (χ0) is 22.0. The summed E-state index contributed by atoms with van der Waals surface area (Å²) in [5, 5.41) is 0. The molecule has 0 aliphatic rings. The van der Waals surface area contributed by atoms with Gasteiger partial charge in [0, 0.05) is 4.57 Å². The molecule has 0 spiro atoms. The first-order chi connectivity index (χ1) is 14.8. The van der Waals surface area contributed by atoms with Crippen LogP contribution in [-0.2, 0) is 13.6 Å². The first kappa shape index (κ1) is 30.7. The molecule has 0 aromatic rings. The topological polar surface area (TPSA) is 35.5 Å². The van der Waals surface area contributed by atoms with Crippen LogP contribution in [-0.4, -0.2) is 24.7 Å². The fraction of sp³-hybridized carbons (Fsp3) is 1.00. The van der Waals surface area contributed by atoms with Gasteiger partial charge < -0.3 is 0 Å². The third-order valence-corrected chi connectivity index (χ3v) is 6.92. The minimum absolute atomic E-state index is 0.562. The predicted octanol–water partition coefficient (Wildman–Crippen LogP) is 9.34. The van der Waals surface area contributed by atoms with Crippen LogP contribution in [0.3, 0.4) is 0 Å². The Morgan fingerprint density at radius 1 is 0.400 bits per heavy atom. The molecule has 0 heterocycles. The molecule has 0 aromatic heterocycles. The number of rotatable bonds is 26. The molecule has 30 heavy (non-hydrogen) atoms. The molecule has 0 aromatic carbocycles. The van der Waals surface area contributed by atoms with E-state index in [2.05, 4.69) is 25.3 Å². The van der Waals surface area contributed by atoms with E-state index in [4.69, 9.17) is 9.05 Å². The van der Waals surface area contributed by atoms with Crippen LogP contribution in [0.5, 0.6) is 0 Å². The molecule has 0 aliphatic heterocycles. The highest BCUT2D eigenvalue weighted by Gasteiger charge is 2.18. The zero-order valence-corrected chi connectivity index (χ0v) is 22.2. The van der Waals surface area contributed by atoms with Gasteiger partial charge in [-0.3, -0.25) is 0 Å². The van der Waals surface area contributed by atoms with Gasteiger partial charge in [0.1, 0.15) is 13.2 Å². The molecule has 0 rings (SSSR count). The molecule has 0 unspecified atom stereocenters. The van der Waals surface area contributed by atoms with Gasteiger partial charge in [0.05, 0.1) is 0 Å². The second kappa shape index (κ2) is 27.8. The molecule has 3 nitrogen and oxygen atoms in total. The smallest absolute Gasteiger partial charge is 0.179 e. The lowest BCUT2D eigenvalue weighted by molar-refractivity contribution is 0.218. The number of hydrogen-bond donors (Lipinski definition) is 2. The van der Waals surface area contributed by atoms with E-state index in [-0.39, 0.29) is 0 Å². The van der Waals surface area contributed by atoms with E-state index in [0.717, 1.165) is 37.2 Å². The highest BCUT2D eigenvalue weighted by Crippen LogP contribution is 2.25. The van der Waals surface area contributed by atoms with E-state index in [1.807, 2.05) is 0 Å². The monoisotopic (exact) mass is 481 g/mol. The van der Waals surface area contributed by atoms with Crippen molar-refractivity contribution >= 4 is 33.5 Å². The first-order valence-electron chi connectivity index (χ1n) is 12.8. The van der Waals surface area contributed by atoms with Crippen LogP contribution >= 0.6 is 33.5 Å². The minimum Gasteiger partial charge on any atom is -0.179 e. The van der Waals surface area contributed by atoms with Crippen LogP contribution in [0.25, 0.3) is 0 Å². The van der Waals surface area contributed by atoms with Crippen LogP contribution in [0.4, 0.5) is 0 Å². The Morgan fingerprint density at radius 2 is 0.633 bits per heavy atom. The van der Waals surface area contributed by atoms with Gasteiger partial charge in [-0.25, -0.2) is 0 Å². The lowest BCUT2D eigenvalue weighted by Gasteiger charge is -2.01. The maximum absolute atomic E-state index is 11.7. The summed E-state index contributed by atoms with van der Waals surface area (Å²) in [7, 11) is -1.92. The Morgan fingerprint density at radius 3 is 0.900 bits per heavy atom. The Labute approximate surface area is 200 Å². The van der Waals surface area contributed by atoms with Gasteiger partial charge in [-0.15, -0.1) is 9.05 Å². The van der Waals surface area contributed by atoms with Gasteiger partial charge in [0.25, 0.3) is 0 Å². The summed E-state index contributed by atoms with van der Waals surface area (Å²) < 4.78 is 22.3. The van der Waals surface area contributed by atoms with E-state index in [0.29, 0.717) is 13.2 Å². The normalized spacial score (nSPS) is 11.3. The van der Waals surface area contributed by atoms with Crippen LogP contribution in [0.2, 0.25) is 0 Å². The van der Waals surface area contributed by atoms with Crippen molar-refractivity contribution in [2.24, 2.45) is 0 Å². The lowest BCUT2D eigenvalue weighted by Crippen LogP contribution is -1.92. The second-order valence-electron chi connectivity index (χ2n) is 8.41. The van der Waals surface area contributed by atoms with Crippen LogP contribution in [0.1, 0.15) is 128 Å². The maximum Gasteiger partial charge on any atom is 0.697 e. The Bertz CT molecular complexity index is 316. The summed E-state index contributed by atoms with van der Waals surface area (Å²) in [5.41, 5.74) is 0.